The van der Waals surface area contributed by atoms with E-state index in [0.29, 0.717) is 5.69 Å². The Kier molecular flexibility index (Phi) is 6.69. The van der Waals surface area contributed by atoms with Gasteiger partial charge in [-0.3, -0.25) is 9.52 Å². The van der Waals surface area contributed by atoms with E-state index in [0.717, 1.165) is 23.1 Å². The first-order chi connectivity index (χ1) is 13.6. The largest absolute Gasteiger partial charge is 0.405 e. The summed E-state index contributed by atoms with van der Waals surface area (Å²) in [6.45, 7) is -1.49. The number of carbonyl (C=O) groups excluding carboxylic acids is 1. The summed E-state index contributed by atoms with van der Waals surface area (Å²) in [7, 11) is -4.02. The zero-order valence-electron chi connectivity index (χ0n) is 14.9. The number of sulfonamides is 1. The molecule has 5 nitrogen and oxygen atoms in total. The van der Waals surface area contributed by atoms with Crippen molar-refractivity contribution in [2.75, 3.05) is 22.8 Å². The highest BCUT2D eigenvalue weighted by Crippen LogP contribution is 2.45. The van der Waals surface area contributed by atoms with Crippen LogP contribution in [-0.4, -0.2) is 38.6 Å². The first-order valence-corrected chi connectivity index (χ1v) is 12.0. The van der Waals surface area contributed by atoms with Crippen LogP contribution in [-0.2, 0) is 10.0 Å². The third-order valence-corrected chi connectivity index (χ3v) is 8.37. The van der Waals surface area contributed by atoms with Crippen molar-refractivity contribution in [2.24, 2.45) is 0 Å². The molecule has 29 heavy (non-hydrogen) atoms. The lowest BCUT2D eigenvalue weighted by atomic mass is 10.2. The molecule has 1 heterocycles. The highest BCUT2D eigenvalue weighted by molar-refractivity contribution is 8.19. The molecule has 1 saturated heterocycles. The first-order valence-electron chi connectivity index (χ1n) is 8.45. The van der Waals surface area contributed by atoms with E-state index in [4.69, 9.17) is 0 Å². The predicted molar refractivity (Wildman–Crippen MR) is 110 cm³/mol. The normalized spacial score (nSPS) is 15.3. The number of anilines is 1. The van der Waals surface area contributed by atoms with Crippen LogP contribution in [0.15, 0.2) is 53.4 Å². The molecule has 156 valence electrons. The summed E-state index contributed by atoms with van der Waals surface area (Å²) in [5.74, 6) is 1.07. The van der Waals surface area contributed by atoms with Crippen molar-refractivity contribution < 1.29 is 26.4 Å². The Bertz CT molecular complexity index is 991. The van der Waals surface area contributed by atoms with Crippen molar-refractivity contribution in [1.29, 1.82) is 0 Å². The summed E-state index contributed by atoms with van der Waals surface area (Å²) in [6.07, 6.45) is -4.55. The van der Waals surface area contributed by atoms with E-state index < -0.39 is 28.7 Å². The second-order valence-electron chi connectivity index (χ2n) is 6.13. The minimum absolute atomic E-state index is 0.176. The van der Waals surface area contributed by atoms with Crippen molar-refractivity contribution >= 4 is 45.1 Å². The summed E-state index contributed by atoms with van der Waals surface area (Å²) in [5, 5.41) is 1.72. The number of nitrogens with one attached hydrogen (secondary N) is 2. The maximum Gasteiger partial charge on any atom is 0.405 e. The fourth-order valence-corrected chi connectivity index (χ4v) is 6.53. The van der Waals surface area contributed by atoms with Gasteiger partial charge in [0.25, 0.3) is 15.9 Å². The lowest BCUT2D eigenvalue weighted by Gasteiger charge is -2.13. The molecule has 0 saturated carbocycles. The Hall–Kier alpha value is -1.85. The fourth-order valence-electron chi connectivity index (χ4n) is 2.60. The Morgan fingerprint density at radius 3 is 2.45 bits per heavy atom. The van der Waals surface area contributed by atoms with Crippen LogP contribution < -0.4 is 10.0 Å². The van der Waals surface area contributed by atoms with Gasteiger partial charge in [-0.05, 0) is 35.9 Å². The molecule has 1 aliphatic rings. The molecule has 0 radical (unpaired) electrons. The van der Waals surface area contributed by atoms with Gasteiger partial charge in [-0.1, -0.05) is 18.2 Å². The van der Waals surface area contributed by atoms with Crippen molar-refractivity contribution in [1.82, 2.24) is 5.32 Å². The summed E-state index contributed by atoms with van der Waals surface area (Å²) < 4.78 is 64.9. The summed E-state index contributed by atoms with van der Waals surface area (Å²) in [6, 6.07) is 11.9. The molecule has 0 aromatic heterocycles. The first kappa shape index (κ1) is 21.8. The minimum atomic E-state index is -4.55. The highest BCUT2D eigenvalue weighted by Gasteiger charge is 2.28. The molecule has 2 N–H and O–H groups in total. The quantitative estimate of drug-likeness (QED) is 0.671. The van der Waals surface area contributed by atoms with Crippen molar-refractivity contribution in [3.63, 3.8) is 0 Å². The molecule has 0 bridgehead atoms. The Morgan fingerprint density at radius 1 is 1.07 bits per heavy atom. The number of hydrogen-bond donors (Lipinski definition) is 2. The Balaban J connectivity index is 1.76. The summed E-state index contributed by atoms with van der Waals surface area (Å²) in [4.78, 5) is 11.7. The zero-order valence-corrected chi connectivity index (χ0v) is 17.4. The van der Waals surface area contributed by atoms with Crippen LogP contribution in [0.2, 0.25) is 0 Å². The average Bonchev–Trinajstić information content (AvgIpc) is 3.20. The van der Waals surface area contributed by atoms with Gasteiger partial charge in [0.15, 0.2) is 0 Å². The van der Waals surface area contributed by atoms with Gasteiger partial charge in [0.2, 0.25) is 0 Å². The highest BCUT2D eigenvalue weighted by atomic mass is 32.2. The van der Waals surface area contributed by atoms with E-state index in [9.17, 15) is 26.4 Å². The van der Waals surface area contributed by atoms with Gasteiger partial charge in [-0.15, -0.1) is 23.5 Å². The lowest BCUT2D eigenvalue weighted by molar-refractivity contribution is -0.123. The Morgan fingerprint density at radius 2 is 1.76 bits per heavy atom. The second-order valence-corrected chi connectivity index (χ2v) is 10.5. The summed E-state index contributed by atoms with van der Waals surface area (Å²) in [5.41, 5.74) is 1.20. The van der Waals surface area contributed by atoms with Crippen LogP contribution in [0.5, 0.6) is 0 Å². The topological polar surface area (TPSA) is 75.3 Å². The fraction of sp³-hybridized carbons (Fsp3) is 0.278. The molecule has 2 aromatic carbocycles. The molecular weight excluding hydrogens is 445 g/mol. The second kappa shape index (κ2) is 8.88. The summed E-state index contributed by atoms with van der Waals surface area (Å²) >= 11 is 3.58. The smallest absolute Gasteiger partial charge is 0.343 e. The molecule has 1 fully saturated rings. The lowest BCUT2D eigenvalue weighted by Crippen LogP contribution is -2.33. The molecular formula is C18H17F3N2O3S3. The van der Waals surface area contributed by atoms with Gasteiger partial charge in [-0.25, -0.2) is 8.42 Å². The van der Waals surface area contributed by atoms with Crippen LogP contribution in [0.1, 0.15) is 20.5 Å². The van der Waals surface area contributed by atoms with Gasteiger partial charge in [-0.2, -0.15) is 13.2 Å². The molecule has 1 aliphatic heterocycles. The van der Waals surface area contributed by atoms with E-state index in [1.165, 1.54) is 18.2 Å². The van der Waals surface area contributed by atoms with Crippen molar-refractivity contribution in [2.45, 2.75) is 15.7 Å². The number of benzene rings is 2. The molecule has 11 heteroatoms. The standard InChI is InChI=1S/C18H17F3N2O3S3/c19-18(20,21)11-22-16(24)12-3-2-6-15(10-12)29(25,26)23-14-5-1-4-13(9-14)17-27-7-8-28-17/h1-6,9-10,17,23H,7-8,11H2,(H,22,24). The van der Waals surface area contributed by atoms with E-state index in [-0.39, 0.29) is 15.0 Å². The van der Waals surface area contributed by atoms with Crippen molar-refractivity contribution in [3.05, 3.63) is 59.7 Å². The van der Waals surface area contributed by atoms with Gasteiger partial charge >= 0.3 is 6.18 Å². The zero-order chi connectivity index (χ0) is 21.1. The van der Waals surface area contributed by atoms with Crippen LogP contribution in [0, 0.1) is 0 Å². The van der Waals surface area contributed by atoms with E-state index >= 15 is 0 Å². The van der Waals surface area contributed by atoms with Gasteiger partial charge in [0.05, 0.1) is 9.48 Å². The maximum absolute atomic E-state index is 12.7. The molecule has 3 rings (SSSR count). The average molecular weight is 463 g/mol. The van der Waals surface area contributed by atoms with Crippen molar-refractivity contribution in [3.8, 4) is 0 Å². The Labute approximate surface area is 174 Å². The van der Waals surface area contributed by atoms with Crippen LogP contribution >= 0.6 is 23.5 Å². The monoisotopic (exact) mass is 462 g/mol. The van der Waals surface area contributed by atoms with Gasteiger partial charge < -0.3 is 5.32 Å². The SMILES string of the molecule is O=C(NCC(F)(F)F)c1cccc(S(=O)(=O)Nc2cccc(C3SCCS3)c2)c1. The third-order valence-electron chi connectivity index (χ3n) is 3.89. The van der Waals surface area contributed by atoms with Gasteiger partial charge in [0.1, 0.15) is 6.54 Å². The predicted octanol–water partition coefficient (Wildman–Crippen LogP) is 4.26. The van der Waals surface area contributed by atoms with E-state index in [1.807, 2.05) is 6.07 Å². The van der Waals surface area contributed by atoms with E-state index in [2.05, 4.69) is 4.72 Å². The number of carbonyl (C=O) groups is 1. The van der Waals surface area contributed by atoms with Crippen LogP contribution in [0.4, 0.5) is 18.9 Å². The molecule has 0 atom stereocenters. The number of alkyl halides is 3. The molecule has 1 amide bonds. The number of amides is 1. The molecule has 2 aromatic rings. The number of rotatable bonds is 6. The molecule has 0 spiro atoms. The number of thioether (sulfide) groups is 2. The van der Waals surface area contributed by atoms with Crippen LogP contribution in [0.3, 0.4) is 0 Å². The number of hydrogen-bond acceptors (Lipinski definition) is 5. The minimum Gasteiger partial charge on any atom is -0.343 e. The molecule has 0 aliphatic carbocycles. The van der Waals surface area contributed by atoms with E-state index in [1.54, 1.807) is 47.0 Å². The van der Waals surface area contributed by atoms with Crippen LogP contribution in [0.25, 0.3) is 0 Å². The van der Waals surface area contributed by atoms with Gasteiger partial charge in [0, 0.05) is 22.8 Å². The molecule has 0 unspecified atom stereocenters. The maximum atomic E-state index is 12.7. The number of halogens is 3. The third kappa shape index (κ3) is 6.06.